The molecule has 1 aromatic rings. The van der Waals surface area contributed by atoms with E-state index in [0.29, 0.717) is 12.5 Å². The molecule has 2 rings (SSSR count). The van der Waals surface area contributed by atoms with Crippen molar-refractivity contribution in [3.63, 3.8) is 0 Å². The molecule has 0 spiro atoms. The summed E-state index contributed by atoms with van der Waals surface area (Å²) in [5, 5.41) is 13.5. The molecular formula is C14H21NO2. The molecule has 2 unspecified atom stereocenters. The van der Waals surface area contributed by atoms with E-state index in [2.05, 4.69) is 5.32 Å². The molecule has 0 radical (unpaired) electrons. The van der Waals surface area contributed by atoms with Crippen molar-refractivity contribution in [1.29, 1.82) is 0 Å². The van der Waals surface area contributed by atoms with Gasteiger partial charge < -0.3 is 15.2 Å². The van der Waals surface area contributed by atoms with E-state index in [-0.39, 0.29) is 6.10 Å². The van der Waals surface area contributed by atoms with Crippen LogP contribution in [0.2, 0.25) is 0 Å². The van der Waals surface area contributed by atoms with Crippen molar-refractivity contribution in [1.82, 2.24) is 5.32 Å². The average Bonchev–Trinajstić information content (AvgIpc) is 2.66. The van der Waals surface area contributed by atoms with Crippen LogP contribution in [0.4, 0.5) is 0 Å². The molecule has 0 aliphatic carbocycles. The monoisotopic (exact) mass is 235 g/mol. The lowest BCUT2D eigenvalue weighted by atomic mass is 9.95. The zero-order chi connectivity index (χ0) is 11.9. The van der Waals surface area contributed by atoms with Gasteiger partial charge in [-0.1, -0.05) is 18.2 Å². The third-order valence-electron chi connectivity index (χ3n) is 3.33. The second-order valence-electron chi connectivity index (χ2n) is 4.63. The van der Waals surface area contributed by atoms with Gasteiger partial charge in [-0.3, -0.25) is 0 Å². The van der Waals surface area contributed by atoms with Crippen molar-refractivity contribution in [3.05, 3.63) is 30.3 Å². The van der Waals surface area contributed by atoms with E-state index in [1.54, 1.807) is 0 Å². The second-order valence-corrected chi connectivity index (χ2v) is 4.63. The normalized spacial score (nSPS) is 22.8. The fraction of sp³-hybridized carbons (Fsp3) is 0.571. The molecule has 0 amide bonds. The van der Waals surface area contributed by atoms with E-state index < -0.39 is 0 Å². The predicted molar refractivity (Wildman–Crippen MR) is 68.2 cm³/mol. The number of para-hydroxylation sites is 1. The highest BCUT2D eigenvalue weighted by Crippen LogP contribution is 2.19. The standard InChI is InChI=1S/C14H21NO2/c16-14(12-5-4-9-15-10-8-12)11-17-13-6-2-1-3-7-13/h1-3,6-7,12,14-16H,4-5,8-11H2. The molecule has 1 heterocycles. The van der Waals surface area contributed by atoms with Crippen LogP contribution in [-0.2, 0) is 0 Å². The van der Waals surface area contributed by atoms with E-state index in [9.17, 15) is 5.11 Å². The van der Waals surface area contributed by atoms with E-state index in [0.717, 1.165) is 38.1 Å². The minimum absolute atomic E-state index is 0.352. The molecule has 1 fully saturated rings. The Morgan fingerprint density at radius 2 is 2.06 bits per heavy atom. The molecule has 1 saturated heterocycles. The van der Waals surface area contributed by atoms with Crippen molar-refractivity contribution in [2.24, 2.45) is 5.92 Å². The third-order valence-corrected chi connectivity index (χ3v) is 3.33. The van der Waals surface area contributed by atoms with Crippen molar-refractivity contribution < 1.29 is 9.84 Å². The lowest BCUT2D eigenvalue weighted by molar-refractivity contribution is 0.0519. The number of aliphatic hydroxyl groups is 1. The van der Waals surface area contributed by atoms with Crippen molar-refractivity contribution in [2.45, 2.75) is 25.4 Å². The summed E-state index contributed by atoms with van der Waals surface area (Å²) in [4.78, 5) is 0. The average molecular weight is 235 g/mol. The molecule has 1 aromatic carbocycles. The minimum Gasteiger partial charge on any atom is -0.491 e. The molecular weight excluding hydrogens is 214 g/mol. The molecule has 1 aliphatic rings. The summed E-state index contributed by atoms with van der Waals surface area (Å²) < 4.78 is 5.59. The van der Waals surface area contributed by atoms with E-state index in [4.69, 9.17) is 4.74 Å². The largest absolute Gasteiger partial charge is 0.491 e. The Bertz CT molecular complexity index is 307. The summed E-state index contributed by atoms with van der Waals surface area (Å²) in [6.07, 6.45) is 2.92. The maximum Gasteiger partial charge on any atom is 0.119 e. The molecule has 94 valence electrons. The Labute approximate surface area is 103 Å². The van der Waals surface area contributed by atoms with E-state index in [1.165, 1.54) is 0 Å². The van der Waals surface area contributed by atoms with Crippen LogP contribution in [-0.4, -0.2) is 30.9 Å². The highest BCUT2D eigenvalue weighted by molar-refractivity contribution is 5.20. The fourth-order valence-electron chi connectivity index (χ4n) is 2.27. The van der Waals surface area contributed by atoms with Gasteiger partial charge in [0.1, 0.15) is 12.4 Å². The Morgan fingerprint density at radius 3 is 2.88 bits per heavy atom. The van der Waals surface area contributed by atoms with E-state index in [1.807, 2.05) is 30.3 Å². The van der Waals surface area contributed by atoms with Gasteiger partial charge in [0.05, 0.1) is 6.10 Å². The second kappa shape index (κ2) is 6.62. The Morgan fingerprint density at radius 1 is 1.24 bits per heavy atom. The third kappa shape index (κ3) is 4.02. The van der Waals surface area contributed by atoms with Crippen LogP contribution in [0.25, 0.3) is 0 Å². The van der Waals surface area contributed by atoms with Crippen LogP contribution in [0.1, 0.15) is 19.3 Å². The predicted octanol–water partition coefficient (Wildman–Crippen LogP) is 1.82. The first-order chi connectivity index (χ1) is 8.36. The zero-order valence-corrected chi connectivity index (χ0v) is 10.1. The summed E-state index contributed by atoms with van der Waals surface area (Å²) in [5.74, 6) is 1.20. The van der Waals surface area contributed by atoms with Gasteiger partial charge in [-0.2, -0.15) is 0 Å². The maximum absolute atomic E-state index is 10.1. The molecule has 0 saturated carbocycles. The maximum atomic E-state index is 10.1. The quantitative estimate of drug-likeness (QED) is 0.836. The number of nitrogens with one attached hydrogen (secondary N) is 1. The highest BCUT2D eigenvalue weighted by atomic mass is 16.5. The number of ether oxygens (including phenoxy) is 1. The minimum atomic E-state index is -0.352. The summed E-state index contributed by atoms with van der Waals surface area (Å²) in [6, 6.07) is 9.68. The first-order valence-electron chi connectivity index (χ1n) is 6.43. The number of benzene rings is 1. The van der Waals surface area contributed by atoms with Gasteiger partial charge in [0, 0.05) is 0 Å². The van der Waals surface area contributed by atoms with Crippen molar-refractivity contribution >= 4 is 0 Å². The molecule has 0 bridgehead atoms. The summed E-state index contributed by atoms with van der Waals surface area (Å²) in [6.45, 7) is 2.48. The SMILES string of the molecule is OC(COc1ccccc1)C1CCCNCC1. The number of hydrogen-bond donors (Lipinski definition) is 2. The summed E-state index contributed by atoms with van der Waals surface area (Å²) in [5.41, 5.74) is 0. The van der Waals surface area contributed by atoms with Crippen LogP contribution in [0.5, 0.6) is 5.75 Å². The van der Waals surface area contributed by atoms with Gasteiger partial charge in [-0.15, -0.1) is 0 Å². The summed E-state index contributed by atoms with van der Waals surface area (Å²) >= 11 is 0. The molecule has 17 heavy (non-hydrogen) atoms. The van der Waals surface area contributed by atoms with Crippen LogP contribution in [0.3, 0.4) is 0 Å². The smallest absolute Gasteiger partial charge is 0.119 e. The fourth-order valence-corrected chi connectivity index (χ4v) is 2.27. The lowest BCUT2D eigenvalue weighted by Gasteiger charge is -2.21. The first-order valence-corrected chi connectivity index (χ1v) is 6.43. The van der Waals surface area contributed by atoms with Crippen LogP contribution in [0, 0.1) is 5.92 Å². The lowest BCUT2D eigenvalue weighted by Crippen LogP contribution is -2.28. The molecule has 3 nitrogen and oxygen atoms in total. The van der Waals surface area contributed by atoms with Gasteiger partial charge in [0.15, 0.2) is 0 Å². The van der Waals surface area contributed by atoms with Gasteiger partial charge in [0.25, 0.3) is 0 Å². The van der Waals surface area contributed by atoms with Crippen LogP contribution >= 0.6 is 0 Å². The number of rotatable bonds is 4. The van der Waals surface area contributed by atoms with Crippen molar-refractivity contribution in [2.75, 3.05) is 19.7 Å². The van der Waals surface area contributed by atoms with Crippen LogP contribution in [0.15, 0.2) is 30.3 Å². The Balaban J connectivity index is 1.78. The number of hydrogen-bond acceptors (Lipinski definition) is 3. The Kier molecular flexibility index (Phi) is 4.83. The van der Waals surface area contributed by atoms with Crippen molar-refractivity contribution in [3.8, 4) is 5.75 Å². The van der Waals surface area contributed by atoms with Gasteiger partial charge in [-0.25, -0.2) is 0 Å². The topological polar surface area (TPSA) is 41.5 Å². The van der Waals surface area contributed by atoms with Crippen LogP contribution < -0.4 is 10.1 Å². The molecule has 2 atom stereocenters. The molecule has 3 heteroatoms. The highest BCUT2D eigenvalue weighted by Gasteiger charge is 2.20. The van der Waals surface area contributed by atoms with E-state index >= 15 is 0 Å². The zero-order valence-electron chi connectivity index (χ0n) is 10.1. The molecule has 2 N–H and O–H groups in total. The molecule has 1 aliphatic heterocycles. The van der Waals surface area contributed by atoms with Gasteiger partial charge >= 0.3 is 0 Å². The molecule has 0 aromatic heterocycles. The number of aliphatic hydroxyl groups excluding tert-OH is 1. The van der Waals surface area contributed by atoms with Gasteiger partial charge in [0.2, 0.25) is 0 Å². The van der Waals surface area contributed by atoms with Gasteiger partial charge in [-0.05, 0) is 50.4 Å². The Hall–Kier alpha value is -1.06. The summed E-state index contributed by atoms with van der Waals surface area (Å²) in [7, 11) is 0. The first kappa shape index (κ1) is 12.4.